The number of nitrogens with two attached hydrogens (primary N) is 1. The molecule has 3 aromatic carbocycles. The largest absolute Gasteiger partial charge is 0.497 e. The van der Waals surface area contributed by atoms with Crippen LogP contribution in [0, 0.1) is 6.92 Å². The maximum atomic E-state index is 13.4. The van der Waals surface area contributed by atoms with Crippen LogP contribution in [0.2, 0.25) is 5.02 Å². The van der Waals surface area contributed by atoms with Gasteiger partial charge in [-0.2, -0.15) is 0 Å². The molecule has 0 spiro atoms. The summed E-state index contributed by atoms with van der Waals surface area (Å²) in [6.07, 6.45) is 0.172. The van der Waals surface area contributed by atoms with Crippen molar-refractivity contribution < 1.29 is 14.3 Å². The molecule has 0 bridgehead atoms. The van der Waals surface area contributed by atoms with E-state index in [1.165, 1.54) is 0 Å². The van der Waals surface area contributed by atoms with Gasteiger partial charge in [0.1, 0.15) is 5.75 Å². The molecule has 4 rings (SSSR count). The van der Waals surface area contributed by atoms with Crippen LogP contribution in [0.3, 0.4) is 0 Å². The van der Waals surface area contributed by atoms with Gasteiger partial charge in [0, 0.05) is 38.7 Å². The number of benzene rings is 3. The van der Waals surface area contributed by atoms with Crippen molar-refractivity contribution in [1.82, 2.24) is 4.57 Å². The molecule has 5 nitrogen and oxygen atoms in total. The molecule has 1 aromatic heterocycles. The zero-order valence-corrected chi connectivity index (χ0v) is 19.2. The summed E-state index contributed by atoms with van der Waals surface area (Å²) in [5.74, 6) is 0.479. The lowest BCUT2D eigenvalue weighted by atomic mass is 10.1. The number of hydrogen-bond acceptors (Lipinski definition) is 5. The predicted molar refractivity (Wildman–Crippen MR) is 130 cm³/mol. The molecule has 2 N–H and O–H groups in total. The van der Waals surface area contributed by atoms with Crippen molar-refractivity contribution in [3.05, 3.63) is 88.6 Å². The average molecular weight is 465 g/mol. The summed E-state index contributed by atoms with van der Waals surface area (Å²) in [4.78, 5) is 27.1. The second kappa shape index (κ2) is 9.10. The van der Waals surface area contributed by atoms with Gasteiger partial charge >= 0.3 is 0 Å². The van der Waals surface area contributed by atoms with Gasteiger partial charge in [-0.3, -0.25) is 14.2 Å². The first-order chi connectivity index (χ1) is 15.4. The third-order valence-electron chi connectivity index (χ3n) is 5.27. The Morgan fingerprint density at radius 3 is 2.38 bits per heavy atom. The summed E-state index contributed by atoms with van der Waals surface area (Å²) < 4.78 is 7.03. The second-order valence-corrected chi connectivity index (χ2v) is 8.88. The molecule has 0 unspecified atom stereocenters. The minimum absolute atomic E-state index is 0.0290. The Bertz CT molecular complexity index is 1310. The molecule has 0 amide bonds. The van der Waals surface area contributed by atoms with Gasteiger partial charge in [-0.15, -0.1) is 0 Å². The Morgan fingerprint density at radius 2 is 1.72 bits per heavy atom. The summed E-state index contributed by atoms with van der Waals surface area (Å²) in [7, 11) is 1.59. The van der Waals surface area contributed by atoms with Crippen molar-refractivity contribution in [2.75, 3.05) is 12.8 Å². The van der Waals surface area contributed by atoms with E-state index < -0.39 is 0 Å². The number of ether oxygens (including phenoxy) is 1. The van der Waals surface area contributed by atoms with E-state index in [0.29, 0.717) is 22.0 Å². The number of nitrogen functional groups attached to an aromatic ring is 1. The molecule has 0 saturated heterocycles. The monoisotopic (exact) mass is 464 g/mol. The van der Waals surface area contributed by atoms with Crippen molar-refractivity contribution in [1.29, 1.82) is 0 Å². The molecule has 32 heavy (non-hydrogen) atoms. The van der Waals surface area contributed by atoms with Gasteiger partial charge < -0.3 is 10.5 Å². The van der Waals surface area contributed by atoms with E-state index in [0.717, 1.165) is 38.8 Å². The molecule has 0 fully saturated rings. The Morgan fingerprint density at radius 1 is 1.03 bits per heavy atom. The first-order valence-corrected chi connectivity index (χ1v) is 11.1. The Labute approximate surface area is 195 Å². The van der Waals surface area contributed by atoms with Gasteiger partial charge in [-0.1, -0.05) is 23.4 Å². The number of thioether (sulfide) groups is 1. The fourth-order valence-corrected chi connectivity index (χ4v) is 4.52. The van der Waals surface area contributed by atoms with Gasteiger partial charge in [0.15, 0.2) is 5.12 Å². The van der Waals surface area contributed by atoms with Crippen LogP contribution >= 0.6 is 23.4 Å². The van der Waals surface area contributed by atoms with Crippen molar-refractivity contribution in [2.45, 2.75) is 18.2 Å². The Kier molecular flexibility index (Phi) is 6.26. The van der Waals surface area contributed by atoms with Gasteiger partial charge in [-0.25, -0.2) is 0 Å². The number of fused-ring (bicyclic) bond motifs is 1. The van der Waals surface area contributed by atoms with E-state index in [1.807, 2.05) is 37.3 Å². The van der Waals surface area contributed by atoms with Crippen molar-refractivity contribution >= 4 is 51.0 Å². The molecule has 7 heteroatoms. The van der Waals surface area contributed by atoms with Crippen LogP contribution in [0.15, 0.2) is 71.6 Å². The fraction of sp³-hybridized carbons (Fsp3) is 0.120. The number of nitrogens with zero attached hydrogens (tertiary/aromatic N) is 1. The highest BCUT2D eigenvalue weighted by atomic mass is 35.5. The summed E-state index contributed by atoms with van der Waals surface area (Å²) in [6.45, 7) is 1.86. The number of carbonyl (C=O) groups is 2. The number of halogens is 1. The van der Waals surface area contributed by atoms with Crippen LogP contribution in [-0.2, 0) is 11.2 Å². The van der Waals surface area contributed by atoms with Crippen molar-refractivity contribution in [2.24, 2.45) is 0 Å². The first kappa shape index (κ1) is 22.0. The third-order valence-corrected chi connectivity index (χ3v) is 6.40. The van der Waals surface area contributed by atoms with Gasteiger partial charge in [0.05, 0.1) is 12.6 Å². The molecule has 0 atom stereocenters. The molecule has 0 aliphatic heterocycles. The van der Waals surface area contributed by atoms with Gasteiger partial charge in [-0.05, 0) is 79.2 Å². The lowest BCUT2D eigenvalue weighted by molar-refractivity contribution is -0.110. The normalized spacial score (nSPS) is 11.0. The Balaban J connectivity index is 1.75. The quantitative estimate of drug-likeness (QED) is 0.301. The van der Waals surface area contributed by atoms with Crippen LogP contribution < -0.4 is 10.5 Å². The first-order valence-electron chi connectivity index (χ1n) is 9.92. The molecule has 0 radical (unpaired) electrons. The number of carbonyl (C=O) groups excluding carboxylic acids is 2. The van der Waals surface area contributed by atoms with E-state index in [-0.39, 0.29) is 17.4 Å². The highest BCUT2D eigenvalue weighted by Gasteiger charge is 2.22. The zero-order valence-electron chi connectivity index (χ0n) is 17.6. The molecule has 4 aromatic rings. The molecule has 0 aliphatic rings. The van der Waals surface area contributed by atoms with E-state index in [4.69, 9.17) is 22.1 Å². The number of rotatable bonds is 5. The highest BCUT2D eigenvalue weighted by Crippen LogP contribution is 2.32. The number of anilines is 1. The highest BCUT2D eigenvalue weighted by molar-refractivity contribution is 8.13. The number of aromatic nitrogens is 1. The standard InChI is InChI=1S/C25H21ClN2O3S/c1-15-21(14-24(29)32-20-10-7-18(27)8-11-20)22-13-19(31-2)9-12-23(22)28(15)25(30)16-3-5-17(26)6-4-16/h3-13H,14,27H2,1-2H3. The van der Waals surface area contributed by atoms with Gasteiger partial charge in [0.25, 0.3) is 5.91 Å². The van der Waals surface area contributed by atoms with Crippen LogP contribution in [-0.4, -0.2) is 22.7 Å². The second-order valence-electron chi connectivity index (χ2n) is 7.31. The predicted octanol–water partition coefficient (Wildman–Crippen LogP) is 5.74. The summed E-state index contributed by atoms with van der Waals surface area (Å²) in [5.41, 5.74) is 9.14. The SMILES string of the molecule is COc1ccc2c(c1)c(CC(=O)Sc1ccc(N)cc1)c(C)n2C(=O)c1ccc(Cl)cc1. The maximum absolute atomic E-state index is 13.4. The van der Waals surface area contributed by atoms with E-state index in [9.17, 15) is 9.59 Å². The summed E-state index contributed by atoms with van der Waals surface area (Å²) >= 11 is 7.14. The Hall–Kier alpha value is -3.22. The lowest BCUT2D eigenvalue weighted by Crippen LogP contribution is -2.14. The van der Waals surface area contributed by atoms with Crippen molar-refractivity contribution in [3.63, 3.8) is 0 Å². The average Bonchev–Trinajstić information content (AvgIpc) is 3.06. The van der Waals surface area contributed by atoms with E-state index in [2.05, 4.69) is 0 Å². The summed E-state index contributed by atoms with van der Waals surface area (Å²) in [5, 5.41) is 1.35. The topological polar surface area (TPSA) is 74.3 Å². The molecular formula is C25H21ClN2O3S. The molecule has 1 heterocycles. The fourth-order valence-electron chi connectivity index (χ4n) is 3.64. The summed E-state index contributed by atoms with van der Waals surface area (Å²) in [6, 6.07) is 19.5. The van der Waals surface area contributed by atoms with Crippen LogP contribution in [0.25, 0.3) is 10.9 Å². The lowest BCUT2D eigenvalue weighted by Gasteiger charge is -2.08. The zero-order chi connectivity index (χ0) is 22.8. The third kappa shape index (κ3) is 4.38. The van der Waals surface area contributed by atoms with Crippen molar-refractivity contribution in [3.8, 4) is 5.75 Å². The van der Waals surface area contributed by atoms with Gasteiger partial charge in [0.2, 0.25) is 0 Å². The maximum Gasteiger partial charge on any atom is 0.262 e. The molecule has 0 saturated carbocycles. The molecule has 162 valence electrons. The number of hydrogen-bond donors (Lipinski definition) is 1. The minimum Gasteiger partial charge on any atom is -0.497 e. The minimum atomic E-state index is -0.181. The van der Waals surface area contributed by atoms with Crippen LogP contribution in [0.4, 0.5) is 5.69 Å². The molecule has 0 aliphatic carbocycles. The van der Waals surface area contributed by atoms with Crippen LogP contribution in [0.1, 0.15) is 21.6 Å². The van der Waals surface area contributed by atoms with E-state index in [1.54, 1.807) is 48.1 Å². The van der Waals surface area contributed by atoms with E-state index >= 15 is 0 Å². The van der Waals surface area contributed by atoms with Crippen LogP contribution in [0.5, 0.6) is 5.75 Å². The number of methoxy groups -OCH3 is 1. The smallest absolute Gasteiger partial charge is 0.262 e. The molecular weight excluding hydrogens is 444 g/mol.